The minimum atomic E-state index is -0.304. The molecule has 128 valence electrons. The first-order valence-electron chi connectivity index (χ1n) is 7.57. The third kappa shape index (κ3) is 6.89. The lowest BCUT2D eigenvalue weighted by Gasteiger charge is -2.25. The molecule has 0 radical (unpaired) electrons. The molecule has 0 bridgehead atoms. The zero-order chi connectivity index (χ0) is 15.9. The van der Waals surface area contributed by atoms with Crippen LogP contribution in [0, 0.1) is 0 Å². The van der Waals surface area contributed by atoms with Gasteiger partial charge in [-0.3, -0.25) is 9.59 Å². The van der Waals surface area contributed by atoms with E-state index in [1.165, 1.54) is 6.92 Å². The van der Waals surface area contributed by atoms with Crippen LogP contribution in [0.4, 0.5) is 0 Å². The summed E-state index contributed by atoms with van der Waals surface area (Å²) in [6, 6.07) is 7.53. The van der Waals surface area contributed by atoms with Crippen molar-refractivity contribution in [3.8, 4) is 0 Å². The molecule has 2 unspecified atom stereocenters. The SMILES string of the molecule is CC(=O)NC(CC(=O)NC1CCCNC1)c1ccc(Br)cc1.Cl. The number of hydrogen-bond acceptors (Lipinski definition) is 3. The fourth-order valence-electron chi connectivity index (χ4n) is 2.64. The van der Waals surface area contributed by atoms with Gasteiger partial charge >= 0.3 is 0 Å². The van der Waals surface area contributed by atoms with Crippen molar-refractivity contribution >= 4 is 40.2 Å². The number of carbonyl (C=O) groups excluding carboxylic acids is 2. The maximum absolute atomic E-state index is 12.2. The summed E-state index contributed by atoms with van der Waals surface area (Å²) in [5.74, 6) is -0.171. The Kier molecular flexibility index (Phi) is 8.58. The smallest absolute Gasteiger partial charge is 0.222 e. The number of benzene rings is 1. The lowest BCUT2D eigenvalue weighted by atomic mass is 10.0. The molecule has 1 aromatic carbocycles. The Morgan fingerprint density at radius 3 is 2.61 bits per heavy atom. The summed E-state index contributed by atoms with van der Waals surface area (Å²) in [5, 5.41) is 9.17. The highest BCUT2D eigenvalue weighted by molar-refractivity contribution is 9.10. The van der Waals surface area contributed by atoms with Crippen molar-refractivity contribution in [2.24, 2.45) is 0 Å². The predicted octanol–water partition coefficient (Wildman–Crippen LogP) is 2.31. The van der Waals surface area contributed by atoms with E-state index in [0.717, 1.165) is 36.0 Å². The number of nitrogens with one attached hydrogen (secondary N) is 3. The van der Waals surface area contributed by atoms with Gasteiger partial charge in [0.25, 0.3) is 0 Å². The topological polar surface area (TPSA) is 70.2 Å². The Balaban J connectivity index is 0.00000264. The van der Waals surface area contributed by atoms with Crippen LogP contribution in [0.25, 0.3) is 0 Å². The summed E-state index contributed by atoms with van der Waals surface area (Å²) in [6.45, 7) is 3.30. The molecular formula is C16H23BrClN3O2. The Hall–Kier alpha value is -1.11. The van der Waals surface area contributed by atoms with Crippen molar-refractivity contribution in [3.63, 3.8) is 0 Å². The van der Waals surface area contributed by atoms with Gasteiger partial charge in [0.15, 0.2) is 0 Å². The van der Waals surface area contributed by atoms with E-state index in [-0.39, 0.29) is 42.7 Å². The van der Waals surface area contributed by atoms with Gasteiger partial charge in [-0.05, 0) is 37.1 Å². The van der Waals surface area contributed by atoms with Gasteiger partial charge in [0.05, 0.1) is 12.5 Å². The lowest BCUT2D eigenvalue weighted by molar-refractivity contribution is -0.123. The molecule has 0 aliphatic carbocycles. The Bertz CT molecular complexity index is 519. The summed E-state index contributed by atoms with van der Waals surface area (Å²) in [5.41, 5.74) is 0.926. The van der Waals surface area contributed by atoms with Crippen molar-refractivity contribution in [1.29, 1.82) is 0 Å². The normalized spacial score (nSPS) is 18.4. The van der Waals surface area contributed by atoms with Gasteiger partial charge in [-0.15, -0.1) is 12.4 Å². The molecule has 0 aromatic heterocycles. The summed E-state index contributed by atoms with van der Waals surface area (Å²) < 4.78 is 0.968. The average molecular weight is 405 g/mol. The molecule has 0 spiro atoms. The monoisotopic (exact) mass is 403 g/mol. The van der Waals surface area contributed by atoms with E-state index >= 15 is 0 Å². The Morgan fingerprint density at radius 2 is 2.04 bits per heavy atom. The molecule has 23 heavy (non-hydrogen) atoms. The van der Waals surface area contributed by atoms with Crippen LogP contribution in [-0.4, -0.2) is 30.9 Å². The number of hydrogen-bond donors (Lipinski definition) is 3. The van der Waals surface area contributed by atoms with E-state index in [1.807, 2.05) is 24.3 Å². The second-order valence-electron chi connectivity index (χ2n) is 5.62. The minimum absolute atomic E-state index is 0. The molecule has 1 aliphatic rings. The van der Waals surface area contributed by atoms with Gasteiger partial charge in [0.1, 0.15) is 0 Å². The van der Waals surface area contributed by atoms with E-state index < -0.39 is 0 Å². The Morgan fingerprint density at radius 1 is 1.35 bits per heavy atom. The van der Waals surface area contributed by atoms with Crippen LogP contribution >= 0.6 is 28.3 Å². The minimum Gasteiger partial charge on any atom is -0.352 e. The number of amides is 2. The van der Waals surface area contributed by atoms with Gasteiger partial charge in [-0.2, -0.15) is 0 Å². The zero-order valence-corrected chi connectivity index (χ0v) is 15.5. The van der Waals surface area contributed by atoms with E-state index in [9.17, 15) is 9.59 Å². The number of carbonyl (C=O) groups is 2. The first-order valence-corrected chi connectivity index (χ1v) is 8.36. The van der Waals surface area contributed by atoms with Crippen LogP contribution in [0.2, 0.25) is 0 Å². The van der Waals surface area contributed by atoms with Crippen LogP contribution in [0.15, 0.2) is 28.7 Å². The maximum Gasteiger partial charge on any atom is 0.222 e. The van der Waals surface area contributed by atoms with E-state index in [0.29, 0.717) is 0 Å². The van der Waals surface area contributed by atoms with Gasteiger partial charge < -0.3 is 16.0 Å². The predicted molar refractivity (Wildman–Crippen MR) is 96.6 cm³/mol. The standard InChI is InChI=1S/C16H22BrN3O2.ClH/c1-11(21)19-15(12-4-6-13(17)7-5-12)9-16(22)20-14-3-2-8-18-10-14;/h4-7,14-15,18H,2-3,8-10H2,1H3,(H,19,21)(H,20,22);1H. The third-order valence-electron chi connectivity index (χ3n) is 3.70. The van der Waals surface area contributed by atoms with Gasteiger partial charge in [0.2, 0.25) is 11.8 Å². The van der Waals surface area contributed by atoms with Crippen LogP contribution in [0.1, 0.15) is 37.8 Å². The molecule has 1 heterocycles. The van der Waals surface area contributed by atoms with Gasteiger partial charge in [-0.1, -0.05) is 28.1 Å². The van der Waals surface area contributed by atoms with Crippen molar-refractivity contribution in [3.05, 3.63) is 34.3 Å². The Labute approximate surface area is 151 Å². The first-order chi connectivity index (χ1) is 10.5. The molecule has 1 aliphatic heterocycles. The molecule has 1 fully saturated rings. The van der Waals surface area contributed by atoms with Crippen LogP contribution in [0.5, 0.6) is 0 Å². The van der Waals surface area contributed by atoms with Crippen LogP contribution in [0.3, 0.4) is 0 Å². The van der Waals surface area contributed by atoms with Crippen molar-refractivity contribution in [1.82, 2.24) is 16.0 Å². The second kappa shape index (κ2) is 9.90. The average Bonchev–Trinajstić information content (AvgIpc) is 2.48. The molecule has 0 saturated carbocycles. The molecule has 3 N–H and O–H groups in total. The van der Waals surface area contributed by atoms with Crippen molar-refractivity contribution in [2.75, 3.05) is 13.1 Å². The van der Waals surface area contributed by atoms with Crippen LogP contribution < -0.4 is 16.0 Å². The molecule has 2 rings (SSSR count). The van der Waals surface area contributed by atoms with E-state index in [4.69, 9.17) is 0 Å². The summed E-state index contributed by atoms with van der Waals surface area (Å²) in [7, 11) is 0. The molecule has 2 atom stereocenters. The number of piperidine rings is 1. The second-order valence-corrected chi connectivity index (χ2v) is 6.54. The molecule has 7 heteroatoms. The zero-order valence-electron chi connectivity index (χ0n) is 13.1. The van der Waals surface area contributed by atoms with Gasteiger partial charge in [-0.25, -0.2) is 0 Å². The third-order valence-corrected chi connectivity index (χ3v) is 4.23. The van der Waals surface area contributed by atoms with Crippen molar-refractivity contribution in [2.45, 2.75) is 38.3 Å². The lowest BCUT2D eigenvalue weighted by Crippen LogP contribution is -2.46. The summed E-state index contributed by atoms with van der Waals surface area (Å²) in [4.78, 5) is 23.6. The molecule has 2 amide bonds. The fourth-order valence-corrected chi connectivity index (χ4v) is 2.90. The maximum atomic E-state index is 12.2. The fraction of sp³-hybridized carbons (Fsp3) is 0.500. The van der Waals surface area contributed by atoms with Gasteiger partial charge in [0, 0.05) is 24.0 Å². The number of halogens is 2. The largest absolute Gasteiger partial charge is 0.352 e. The highest BCUT2D eigenvalue weighted by atomic mass is 79.9. The van der Waals surface area contributed by atoms with E-state index in [1.54, 1.807) is 0 Å². The molecular weight excluding hydrogens is 382 g/mol. The first kappa shape index (κ1) is 19.9. The highest BCUT2D eigenvalue weighted by Crippen LogP contribution is 2.20. The number of rotatable bonds is 5. The molecule has 5 nitrogen and oxygen atoms in total. The summed E-state index contributed by atoms with van der Waals surface area (Å²) in [6.07, 6.45) is 2.33. The van der Waals surface area contributed by atoms with Crippen molar-refractivity contribution < 1.29 is 9.59 Å². The molecule has 1 aromatic rings. The molecule has 1 saturated heterocycles. The summed E-state index contributed by atoms with van der Waals surface area (Å²) >= 11 is 3.39. The highest BCUT2D eigenvalue weighted by Gasteiger charge is 2.20. The van der Waals surface area contributed by atoms with Crippen LogP contribution in [-0.2, 0) is 9.59 Å². The van der Waals surface area contributed by atoms with E-state index in [2.05, 4.69) is 31.9 Å². The quantitative estimate of drug-likeness (QED) is 0.705.